The number of halogens is 6. The third-order valence-corrected chi connectivity index (χ3v) is 10.7. The molecule has 3 aliphatic rings. The van der Waals surface area contributed by atoms with Gasteiger partial charge in [-0.3, -0.25) is 10.2 Å². The van der Waals surface area contributed by atoms with E-state index in [0.717, 1.165) is 12.5 Å². The van der Waals surface area contributed by atoms with Gasteiger partial charge in [-0.2, -0.15) is 15.2 Å². The van der Waals surface area contributed by atoms with Crippen LogP contribution in [0.5, 0.6) is 11.8 Å². The minimum atomic E-state index is -2.85. The molecule has 0 bridgehead atoms. The number of aromatic nitrogens is 2. The predicted octanol–water partition coefficient (Wildman–Crippen LogP) is 7.38. The van der Waals surface area contributed by atoms with Gasteiger partial charge < -0.3 is 19.5 Å². The highest BCUT2D eigenvalue weighted by Gasteiger charge is 2.49. The van der Waals surface area contributed by atoms with E-state index in [2.05, 4.69) is 21.9 Å². The Morgan fingerprint density at radius 2 is 2.14 bits per heavy atom. The number of amides is 1. The summed E-state index contributed by atoms with van der Waals surface area (Å²) in [6, 6.07) is 2.82. The van der Waals surface area contributed by atoms with Crippen molar-refractivity contribution in [1.29, 1.82) is 5.26 Å². The average Bonchev–Trinajstić information content (AvgIpc) is 3.67. The van der Waals surface area contributed by atoms with Crippen LogP contribution in [0.1, 0.15) is 24.8 Å². The van der Waals surface area contributed by atoms with Crippen molar-refractivity contribution in [3.63, 3.8) is 0 Å². The highest BCUT2D eigenvalue weighted by atomic mass is 35.5. The van der Waals surface area contributed by atoms with Gasteiger partial charge in [-0.1, -0.05) is 23.7 Å². The molecule has 0 aliphatic carbocycles. The number of alkyl halides is 3. The van der Waals surface area contributed by atoms with Crippen LogP contribution in [-0.2, 0) is 0 Å². The number of benzene rings is 2. The Bertz CT molecular complexity index is 2080. The predicted molar refractivity (Wildman–Crippen MR) is 173 cm³/mol. The normalized spacial score (nSPS) is 21.9. The first kappa shape index (κ1) is 33.1. The largest absolute Gasteiger partial charge is 0.489 e. The number of carboxylic acid groups (broad SMARTS) is 1. The molecule has 2 aromatic carbocycles. The third kappa shape index (κ3) is 5.44. The van der Waals surface area contributed by atoms with Gasteiger partial charge in [0.05, 0.1) is 38.8 Å². The molecule has 2 saturated heterocycles. The van der Waals surface area contributed by atoms with E-state index in [1.165, 1.54) is 17.0 Å². The van der Waals surface area contributed by atoms with Crippen LogP contribution < -0.4 is 19.7 Å². The number of hydrogen-bond donors (Lipinski definition) is 2. The highest BCUT2D eigenvalue weighted by molar-refractivity contribution is 7.23. The lowest BCUT2D eigenvalue weighted by atomic mass is 9.95. The molecule has 3 atom stereocenters. The number of carbonyl (C=O) groups is 1. The van der Waals surface area contributed by atoms with Gasteiger partial charge in [0.25, 0.3) is 6.43 Å². The zero-order chi connectivity index (χ0) is 34.8. The second kappa shape index (κ2) is 12.5. The Morgan fingerprint density at radius 3 is 2.86 bits per heavy atom. The molecule has 17 heteroatoms. The monoisotopic (exact) mass is 720 g/mol. The second-order valence-electron chi connectivity index (χ2n) is 12.1. The minimum absolute atomic E-state index is 0.0398. The lowest BCUT2D eigenvalue weighted by Crippen LogP contribution is -2.43. The molecule has 0 saturated carbocycles. The van der Waals surface area contributed by atoms with Gasteiger partial charge >= 0.3 is 12.1 Å². The van der Waals surface area contributed by atoms with Crippen LogP contribution in [-0.4, -0.2) is 83.1 Å². The fraction of sp³-hybridized carbons (Fsp3) is 0.375. The summed E-state index contributed by atoms with van der Waals surface area (Å²) in [6.45, 7) is 3.54. The van der Waals surface area contributed by atoms with Gasteiger partial charge in [0.2, 0.25) is 0 Å². The van der Waals surface area contributed by atoms with Crippen LogP contribution in [0.4, 0.5) is 37.6 Å². The van der Waals surface area contributed by atoms with Crippen LogP contribution in [0.15, 0.2) is 24.8 Å². The van der Waals surface area contributed by atoms with Gasteiger partial charge in [-0.05, 0) is 31.0 Å². The van der Waals surface area contributed by atoms with E-state index < -0.39 is 54.0 Å². The molecule has 5 heterocycles. The number of thiophene rings is 1. The van der Waals surface area contributed by atoms with E-state index in [4.69, 9.17) is 21.1 Å². The average molecular weight is 721 g/mol. The van der Waals surface area contributed by atoms with Crippen molar-refractivity contribution in [2.75, 3.05) is 43.1 Å². The summed E-state index contributed by atoms with van der Waals surface area (Å²) in [4.78, 5) is 23.5. The molecule has 2 fully saturated rings. The molecule has 0 unspecified atom stereocenters. The van der Waals surface area contributed by atoms with E-state index in [9.17, 15) is 28.3 Å². The lowest BCUT2D eigenvalue weighted by Gasteiger charge is -2.31. The Balaban J connectivity index is 1.47. The summed E-state index contributed by atoms with van der Waals surface area (Å²) in [5.74, 6) is -2.21. The van der Waals surface area contributed by atoms with Crippen molar-refractivity contribution >= 4 is 60.8 Å². The molecular weight excluding hydrogens is 695 g/mol. The first-order chi connectivity index (χ1) is 23.5. The maximum Gasteiger partial charge on any atom is 0.409 e. The van der Waals surface area contributed by atoms with Crippen molar-refractivity contribution in [1.82, 2.24) is 14.9 Å². The van der Waals surface area contributed by atoms with Crippen LogP contribution in [0, 0.1) is 23.0 Å². The number of nitrogens with one attached hydrogen (secondary N) is 1. The summed E-state index contributed by atoms with van der Waals surface area (Å²) in [6.07, 6.45) is -2.35. The van der Waals surface area contributed by atoms with Crippen LogP contribution in [0.3, 0.4) is 0 Å². The van der Waals surface area contributed by atoms with Gasteiger partial charge in [0, 0.05) is 23.9 Å². The van der Waals surface area contributed by atoms with Gasteiger partial charge in [0.1, 0.15) is 47.6 Å². The molecule has 10 nitrogen and oxygen atoms in total. The quantitative estimate of drug-likeness (QED) is 0.142. The number of anilines is 2. The Kier molecular flexibility index (Phi) is 8.40. The molecule has 0 spiro atoms. The summed E-state index contributed by atoms with van der Waals surface area (Å²) < 4.78 is 86.6. The number of hydrogen-bond acceptors (Lipinski definition) is 9. The second-order valence-corrected chi connectivity index (χ2v) is 13.5. The van der Waals surface area contributed by atoms with Crippen LogP contribution in [0.25, 0.3) is 32.1 Å². The fourth-order valence-electron chi connectivity index (χ4n) is 7.18. The first-order valence-electron chi connectivity index (χ1n) is 15.2. The van der Waals surface area contributed by atoms with E-state index in [-0.39, 0.29) is 85.9 Å². The van der Waals surface area contributed by atoms with Gasteiger partial charge in [0.15, 0.2) is 11.6 Å². The lowest BCUT2D eigenvalue weighted by molar-refractivity contribution is 0.107. The number of nitrogens with zero attached hydrogens (tertiary/aromatic N) is 5. The van der Waals surface area contributed by atoms with Crippen molar-refractivity contribution in [3.05, 3.63) is 47.0 Å². The fourth-order valence-corrected chi connectivity index (χ4v) is 8.59. The summed E-state index contributed by atoms with van der Waals surface area (Å²) in [5, 5.41) is 20.6. The summed E-state index contributed by atoms with van der Waals surface area (Å²) in [7, 11) is 0. The molecule has 256 valence electrons. The molecule has 3 aliphatic heterocycles. The number of rotatable bonds is 8. The number of ether oxygens (including phenoxy) is 2. The standard InChI is InChI=1S/C32H26ClF5N6O4S/c1-2-15-12-47-26-22-25(24(38)21(23(26)33)16-4-5-18(35)27-20(16)17(9-39)29(49-27)42-31(45)46)40-30(41-28(22)44(15)11-19(36)37)48-13-32-6-3-7-43(32)10-14(34)8-32/h2,4-5,14-15,19,42H,1,3,6-8,10-13H2,(H,45,46)/t14-,15+,32+/m1/s1. The molecular formula is C32H26ClF5N6O4S. The zero-order valence-electron chi connectivity index (χ0n) is 25.4. The van der Waals surface area contributed by atoms with E-state index >= 15 is 8.78 Å². The number of fused-ring (bicyclic) bond motifs is 2. The van der Waals surface area contributed by atoms with E-state index in [0.29, 0.717) is 24.3 Å². The zero-order valence-corrected chi connectivity index (χ0v) is 27.0. The van der Waals surface area contributed by atoms with Crippen LogP contribution >= 0.6 is 22.9 Å². The maximum absolute atomic E-state index is 17.1. The van der Waals surface area contributed by atoms with Crippen molar-refractivity contribution in [2.24, 2.45) is 0 Å². The highest BCUT2D eigenvalue weighted by Crippen LogP contribution is 2.51. The van der Waals surface area contributed by atoms with Crippen molar-refractivity contribution < 1.29 is 41.3 Å². The van der Waals surface area contributed by atoms with Gasteiger partial charge in [-0.25, -0.2) is 26.7 Å². The van der Waals surface area contributed by atoms with Crippen molar-refractivity contribution in [2.45, 2.75) is 43.4 Å². The number of nitriles is 1. The summed E-state index contributed by atoms with van der Waals surface area (Å²) in [5.41, 5.74) is -1.78. The molecule has 4 aromatic rings. The van der Waals surface area contributed by atoms with E-state index in [1.54, 1.807) is 0 Å². The smallest absolute Gasteiger partial charge is 0.409 e. The molecule has 7 rings (SSSR count). The van der Waals surface area contributed by atoms with E-state index in [1.807, 2.05) is 11.0 Å². The molecule has 49 heavy (non-hydrogen) atoms. The first-order valence-corrected chi connectivity index (χ1v) is 16.4. The molecule has 1 amide bonds. The molecule has 2 N–H and O–H groups in total. The Labute approximate surface area is 284 Å². The Morgan fingerprint density at radius 1 is 1.35 bits per heavy atom. The Hall–Kier alpha value is -4.46. The topological polar surface area (TPSA) is 124 Å². The SMILES string of the molecule is C=C[C@H]1COc2c(Cl)c(-c3ccc(F)c4sc(NC(=O)O)c(C#N)c34)c(F)c3nc(OC[C@@]45CCCN4C[C@H](F)C5)nc(c23)N1CC(F)F. The van der Waals surface area contributed by atoms with Gasteiger partial charge in [-0.15, -0.1) is 17.9 Å². The summed E-state index contributed by atoms with van der Waals surface area (Å²) >= 11 is 7.51. The maximum atomic E-state index is 17.1. The van der Waals surface area contributed by atoms with Crippen LogP contribution in [0.2, 0.25) is 5.02 Å². The molecule has 0 radical (unpaired) electrons. The van der Waals surface area contributed by atoms with Crippen molar-refractivity contribution in [3.8, 4) is 29.0 Å². The molecule has 2 aromatic heterocycles. The minimum Gasteiger partial charge on any atom is -0.489 e. The third-order valence-electron chi connectivity index (χ3n) is 9.24.